The van der Waals surface area contributed by atoms with Gasteiger partial charge in [0.25, 0.3) is 0 Å². The SMILES string of the molecule is CNC(C)/C(C)=C/c1ccc(-c2cccc(Cl)c2)s1. The highest BCUT2D eigenvalue weighted by Gasteiger charge is 2.04. The van der Waals surface area contributed by atoms with Crippen molar-refractivity contribution >= 4 is 29.0 Å². The summed E-state index contributed by atoms with van der Waals surface area (Å²) in [6.45, 7) is 4.32. The van der Waals surface area contributed by atoms with Gasteiger partial charge in [-0.3, -0.25) is 0 Å². The van der Waals surface area contributed by atoms with Gasteiger partial charge in [-0.25, -0.2) is 0 Å². The van der Waals surface area contributed by atoms with Crippen LogP contribution in [-0.4, -0.2) is 13.1 Å². The maximum absolute atomic E-state index is 6.03. The lowest BCUT2D eigenvalue weighted by Crippen LogP contribution is -2.21. The zero-order chi connectivity index (χ0) is 13.8. The second-order valence-corrected chi connectivity index (χ2v) is 6.16. The van der Waals surface area contributed by atoms with Gasteiger partial charge in [-0.05, 0) is 56.8 Å². The van der Waals surface area contributed by atoms with Crippen LogP contribution in [-0.2, 0) is 0 Å². The molecule has 3 heteroatoms. The second kappa shape index (κ2) is 6.38. The predicted octanol–water partition coefficient (Wildman–Crippen LogP) is 5.08. The van der Waals surface area contributed by atoms with Crippen LogP contribution in [0.15, 0.2) is 42.0 Å². The van der Waals surface area contributed by atoms with Gasteiger partial charge in [-0.2, -0.15) is 0 Å². The van der Waals surface area contributed by atoms with Gasteiger partial charge in [0.15, 0.2) is 0 Å². The van der Waals surface area contributed by atoms with Crippen molar-refractivity contribution in [2.75, 3.05) is 7.05 Å². The highest BCUT2D eigenvalue weighted by molar-refractivity contribution is 7.16. The molecule has 0 amide bonds. The summed E-state index contributed by atoms with van der Waals surface area (Å²) in [5.74, 6) is 0. The molecule has 19 heavy (non-hydrogen) atoms. The molecular weight excluding hydrogens is 274 g/mol. The third-order valence-corrected chi connectivity index (χ3v) is 4.54. The highest BCUT2D eigenvalue weighted by Crippen LogP contribution is 2.30. The van der Waals surface area contributed by atoms with Gasteiger partial charge in [0.1, 0.15) is 0 Å². The maximum atomic E-state index is 6.03. The number of hydrogen-bond acceptors (Lipinski definition) is 2. The lowest BCUT2D eigenvalue weighted by atomic mass is 10.1. The standard InChI is InChI=1S/C16H18ClNS/c1-11(12(2)18-3)9-15-7-8-16(19-15)13-5-4-6-14(17)10-13/h4-10,12,18H,1-3H3/b11-9+. The molecule has 1 heterocycles. The molecule has 2 rings (SSSR count). The number of halogens is 1. The molecule has 0 fully saturated rings. The highest BCUT2D eigenvalue weighted by atomic mass is 35.5. The lowest BCUT2D eigenvalue weighted by Gasteiger charge is -2.09. The van der Waals surface area contributed by atoms with Gasteiger partial charge in [0.2, 0.25) is 0 Å². The fourth-order valence-corrected chi connectivity index (χ4v) is 3.01. The summed E-state index contributed by atoms with van der Waals surface area (Å²) in [4.78, 5) is 2.52. The van der Waals surface area contributed by atoms with Crippen molar-refractivity contribution in [2.45, 2.75) is 19.9 Å². The molecule has 0 bridgehead atoms. The zero-order valence-corrected chi connectivity index (χ0v) is 13.0. The Labute approximate surface area is 123 Å². The Morgan fingerprint density at radius 1 is 1.32 bits per heavy atom. The molecule has 1 N–H and O–H groups in total. The average Bonchev–Trinajstić information content (AvgIpc) is 2.86. The average molecular weight is 292 g/mol. The van der Waals surface area contributed by atoms with E-state index in [0.717, 1.165) is 5.02 Å². The fourth-order valence-electron chi connectivity index (χ4n) is 1.80. The van der Waals surface area contributed by atoms with E-state index in [1.807, 2.05) is 25.2 Å². The largest absolute Gasteiger partial charge is 0.314 e. The molecule has 1 aromatic heterocycles. The summed E-state index contributed by atoms with van der Waals surface area (Å²) >= 11 is 7.82. The first-order valence-corrected chi connectivity index (χ1v) is 7.51. The van der Waals surface area contributed by atoms with Crippen LogP contribution in [0.4, 0.5) is 0 Å². The first-order valence-electron chi connectivity index (χ1n) is 6.31. The number of benzene rings is 1. The van der Waals surface area contributed by atoms with E-state index in [0.29, 0.717) is 6.04 Å². The third kappa shape index (κ3) is 3.69. The van der Waals surface area contributed by atoms with Crippen molar-refractivity contribution in [2.24, 2.45) is 0 Å². The maximum Gasteiger partial charge on any atom is 0.0412 e. The Bertz CT molecular complexity index is 586. The monoisotopic (exact) mass is 291 g/mol. The van der Waals surface area contributed by atoms with Gasteiger partial charge in [0, 0.05) is 20.8 Å². The van der Waals surface area contributed by atoms with Crippen molar-refractivity contribution in [1.29, 1.82) is 0 Å². The van der Waals surface area contributed by atoms with E-state index in [2.05, 4.69) is 43.4 Å². The second-order valence-electron chi connectivity index (χ2n) is 4.61. The summed E-state index contributed by atoms with van der Waals surface area (Å²) in [5, 5.41) is 4.03. The number of likely N-dealkylation sites (N-methyl/N-ethyl adjacent to an activating group) is 1. The third-order valence-electron chi connectivity index (χ3n) is 3.22. The molecular formula is C16H18ClNS. The Kier molecular flexibility index (Phi) is 4.81. The first kappa shape index (κ1) is 14.3. The van der Waals surface area contributed by atoms with Gasteiger partial charge < -0.3 is 5.32 Å². The minimum atomic E-state index is 0.400. The minimum absolute atomic E-state index is 0.400. The Morgan fingerprint density at radius 3 is 2.79 bits per heavy atom. The summed E-state index contributed by atoms with van der Waals surface area (Å²) in [7, 11) is 1.98. The molecule has 1 aromatic carbocycles. The molecule has 1 atom stereocenters. The molecule has 0 aliphatic heterocycles. The summed E-state index contributed by atoms with van der Waals surface area (Å²) < 4.78 is 0. The summed E-state index contributed by atoms with van der Waals surface area (Å²) in [6, 6.07) is 12.7. The van der Waals surface area contributed by atoms with E-state index in [1.165, 1.54) is 20.9 Å². The molecule has 1 unspecified atom stereocenters. The molecule has 1 nitrogen and oxygen atoms in total. The molecule has 0 aliphatic carbocycles. The number of thiophene rings is 1. The quantitative estimate of drug-likeness (QED) is 0.828. The number of nitrogens with one attached hydrogen (secondary N) is 1. The molecule has 0 saturated carbocycles. The van der Waals surface area contributed by atoms with Gasteiger partial charge >= 0.3 is 0 Å². The zero-order valence-electron chi connectivity index (χ0n) is 11.4. The van der Waals surface area contributed by atoms with Gasteiger partial charge in [-0.1, -0.05) is 29.3 Å². The van der Waals surface area contributed by atoms with Crippen LogP contribution in [0.25, 0.3) is 16.5 Å². The van der Waals surface area contributed by atoms with Crippen molar-refractivity contribution in [3.63, 3.8) is 0 Å². The lowest BCUT2D eigenvalue weighted by molar-refractivity contribution is 0.696. The summed E-state index contributed by atoms with van der Waals surface area (Å²) in [5.41, 5.74) is 2.51. The number of hydrogen-bond donors (Lipinski definition) is 1. The first-order chi connectivity index (χ1) is 9.10. The van der Waals surface area contributed by atoms with Crippen molar-refractivity contribution in [3.8, 4) is 10.4 Å². The van der Waals surface area contributed by atoms with Gasteiger partial charge in [0.05, 0.1) is 0 Å². The Morgan fingerprint density at radius 2 is 2.11 bits per heavy atom. The van der Waals surface area contributed by atoms with Crippen LogP contribution in [0, 0.1) is 0 Å². The van der Waals surface area contributed by atoms with Crippen LogP contribution in [0.2, 0.25) is 5.02 Å². The van der Waals surface area contributed by atoms with Crippen LogP contribution >= 0.6 is 22.9 Å². The minimum Gasteiger partial charge on any atom is -0.314 e. The van der Waals surface area contributed by atoms with Crippen molar-refractivity contribution < 1.29 is 0 Å². The molecule has 0 spiro atoms. The van der Waals surface area contributed by atoms with Gasteiger partial charge in [-0.15, -0.1) is 11.3 Å². The normalized spacial score (nSPS) is 13.6. The Hall–Kier alpha value is -1.09. The van der Waals surface area contributed by atoms with Crippen LogP contribution in [0.3, 0.4) is 0 Å². The molecule has 0 saturated heterocycles. The predicted molar refractivity (Wildman–Crippen MR) is 86.9 cm³/mol. The van der Waals surface area contributed by atoms with E-state index < -0.39 is 0 Å². The Balaban J connectivity index is 2.25. The van der Waals surface area contributed by atoms with Crippen LogP contribution in [0.1, 0.15) is 18.7 Å². The van der Waals surface area contributed by atoms with E-state index in [-0.39, 0.29) is 0 Å². The van der Waals surface area contributed by atoms with Crippen LogP contribution in [0.5, 0.6) is 0 Å². The molecule has 0 aliphatic rings. The molecule has 2 aromatic rings. The van der Waals surface area contributed by atoms with E-state index in [4.69, 9.17) is 11.6 Å². The fraction of sp³-hybridized carbons (Fsp3) is 0.250. The summed E-state index contributed by atoms with van der Waals surface area (Å²) in [6.07, 6.45) is 2.24. The van der Waals surface area contributed by atoms with E-state index in [9.17, 15) is 0 Å². The van der Waals surface area contributed by atoms with Crippen molar-refractivity contribution in [3.05, 3.63) is 51.9 Å². The van der Waals surface area contributed by atoms with Crippen molar-refractivity contribution in [1.82, 2.24) is 5.32 Å². The molecule has 0 radical (unpaired) electrons. The van der Waals surface area contributed by atoms with Crippen LogP contribution < -0.4 is 5.32 Å². The van der Waals surface area contributed by atoms with E-state index in [1.54, 1.807) is 11.3 Å². The topological polar surface area (TPSA) is 12.0 Å². The smallest absolute Gasteiger partial charge is 0.0412 e. The molecule has 100 valence electrons. The van der Waals surface area contributed by atoms with E-state index >= 15 is 0 Å². The number of rotatable bonds is 4.